The van der Waals surface area contributed by atoms with Gasteiger partial charge in [-0.15, -0.1) is 24.0 Å². The highest BCUT2D eigenvalue weighted by Crippen LogP contribution is 2.20. The molecule has 1 saturated heterocycles. The van der Waals surface area contributed by atoms with Crippen molar-refractivity contribution in [3.8, 4) is 0 Å². The number of nitrogens with one attached hydrogen (secondary N) is 1. The number of halogens is 1. The molecule has 1 aliphatic carbocycles. The summed E-state index contributed by atoms with van der Waals surface area (Å²) in [6, 6.07) is 0. The number of rotatable bonds is 5. The summed E-state index contributed by atoms with van der Waals surface area (Å²) in [5.41, 5.74) is 1.60. The van der Waals surface area contributed by atoms with Gasteiger partial charge < -0.3 is 15.1 Å². The van der Waals surface area contributed by atoms with E-state index in [1.807, 2.05) is 7.05 Å². The second kappa shape index (κ2) is 10.3. The smallest absolute Gasteiger partial charge is 0.205 e. The van der Waals surface area contributed by atoms with Crippen molar-refractivity contribution in [3.63, 3.8) is 0 Å². The molecule has 8 heteroatoms. The minimum atomic E-state index is 0. The summed E-state index contributed by atoms with van der Waals surface area (Å²) in [6.07, 6.45) is 8.32. The number of nitrogens with zero attached hydrogens (tertiary/aromatic N) is 5. The molecule has 140 valence electrons. The first-order chi connectivity index (χ1) is 11.8. The Morgan fingerprint density at radius 3 is 2.72 bits per heavy atom. The van der Waals surface area contributed by atoms with Crippen molar-refractivity contribution in [2.45, 2.75) is 39.0 Å². The molecular weight excluding hydrogens is 447 g/mol. The van der Waals surface area contributed by atoms with Crippen molar-refractivity contribution < 1.29 is 0 Å². The Morgan fingerprint density at radius 2 is 2.12 bits per heavy atom. The van der Waals surface area contributed by atoms with Gasteiger partial charge in [0.05, 0.1) is 0 Å². The van der Waals surface area contributed by atoms with Crippen LogP contribution in [0.1, 0.15) is 38.4 Å². The molecule has 2 aliphatic rings. The summed E-state index contributed by atoms with van der Waals surface area (Å²) in [6.45, 7) is 6.98. The third-order valence-corrected chi connectivity index (χ3v) is 5.51. The SMILES string of the molecule is CCc1nsc(N2CCN(C(=NC)NCCC3=CCCC3)CC2)n1.I. The average molecular weight is 476 g/mol. The standard InChI is InChI=1S/C17H28N6S.HI/c1-3-15-20-17(24-21-15)23-12-10-22(11-13-23)16(18-2)19-9-8-14-6-4-5-7-14;/h6H,3-5,7-13H2,1-2H3,(H,18,19);1H. The number of hydrogen-bond donors (Lipinski definition) is 1. The van der Waals surface area contributed by atoms with Crippen molar-refractivity contribution in [1.29, 1.82) is 0 Å². The van der Waals surface area contributed by atoms with Crippen molar-refractivity contribution in [2.75, 3.05) is 44.7 Å². The average Bonchev–Trinajstić information content (AvgIpc) is 3.30. The first kappa shape index (κ1) is 20.4. The van der Waals surface area contributed by atoms with Gasteiger partial charge >= 0.3 is 0 Å². The molecule has 1 aliphatic heterocycles. The van der Waals surface area contributed by atoms with Crippen LogP contribution >= 0.6 is 35.5 Å². The van der Waals surface area contributed by atoms with Gasteiger partial charge in [0.15, 0.2) is 5.96 Å². The molecular formula is C17H29IN6S. The van der Waals surface area contributed by atoms with Crippen molar-refractivity contribution in [2.24, 2.45) is 4.99 Å². The molecule has 0 atom stereocenters. The Balaban J connectivity index is 0.00000225. The summed E-state index contributed by atoms with van der Waals surface area (Å²) in [7, 11) is 1.88. The Bertz CT molecular complexity index is 592. The monoisotopic (exact) mass is 476 g/mol. The maximum atomic E-state index is 4.60. The third-order valence-electron chi connectivity index (χ3n) is 4.70. The van der Waals surface area contributed by atoms with E-state index in [9.17, 15) is 0 Å². The summed E-state index contributed by atoms with van der Waals surface area (Å²) >= 11 is 1.52. The van der Waals surface area contributed by atoms with Crippen molar-refractivity contribution >= 4 is 46.6 Å². The molecule has 1 aromatic heterocycles. The van der Waals surface area contributed by atoms with Crippen LogP contribution in [0.5, 0.6) is 0 Å². The third kappa shape index (κ3) is 5.54. The van der Waals surface area contributed by atoms with E-state index in [1.165, 1.54) is 30.8 Å². The lowest BCUT2D eigenvalue weighted by Crippen LogP contribution is -2.52. The van der Waals surface area contributed by atoms with Crippen LogP contribution in [0.4, 0.5) is 5.13 Å². The van der Waals surface area contributed by atoms with Crippen LogP contribution in [0.2, 0.25) is 0 Å². The van der Waals surface area contributed by atoms with Crippen LogP contribution in [0.15, 0.2) is 16.6 Å². The van der Waals surface area contributed by atoms with Crippen LogP contribution in [0, 0.1) is 0 Å². The molecule has 1 N–H and O–H groups in total. The molecule has 25 heavy (non-hydrogen) atoms. The highest BCUT2D eigenvalue weighted by atomic mass is 127. The van der Waals surface area contributed by atoms with E-state index >= 15 is 0 Å². The fourth-order valence-electron chi connectivity index (χ4n) is 3.26. The molecule has 0 bridgehead atoms. The Hall–Kier alpha value is -0.900. The van der Waals surface area contributed by atoms with Gasteiger partial charge in [0.2, 0.25) is 5.13 Å². The molecule has 0 spiro atoms. The van der Waals surface area contributed by atoms with Gasteiger partial charge in [-0.1, -0.05) is 18.6 Å². The number of hydrogen-bond acceptors (Lipinski definition) is 5. The van der Waals surface area contributed by atoms with Crippen LogP contribution in [0.3, 0.4) is 0 Å². The lowest BCUT2D eigenvalue weighted by Gasteiger charge is -2.36. The predicted molar refractivity (Wildman–Crippen MR) is 116 cm³/mol. The van der Waals surface area contributed by atoms with E-state index in [0.717, 1.165) is 62.5 Å². The largest absolute Gasteiger partial charge is 0.356 e. The van der Waals surface area contributed by atoms with Gasteiger partial charge in [0, 0.05) is 57.7 Å². The zero-order valence-corrected chi connectivity index (χ0v) is 18.3. The Labute approximate surface area is 172 Å². The van der Waals surface area contributed by atoms with Gasteiger partial charge in [-0.05, 0) is 25.7 Å². The minimum absolute atomic E-state index is 0. The van der Waals surface area contributed by atoms with Crippen LogP contribution < -0.4 is 10.2 Å². The molecule has 1 fully saturated rings. The molecule has 0 radical (unpaired) electrons. The lowest BCUT2D eigenvalue weighted by molar-refractivity contribution is 0.372. The fraction of sp³-hybridized carbons (Fsp3) is 0.706. The van der Waals surface area contributed by atoms with Gasteiger partial charge in [0.25, 0.3) is 0 Å². The number of aliphatic imine (C=N–C) groups is 1. The van der Waals surface area contributed by atoms with E-state index in [1.54, 1.807) is 5.57 Å². The molecule has 2 heterocycles. The molecule has 0 unspecified atom stereocenters. The number of guanidine groups is 1. The molecule has 0 amide bonds. The maximum absolute atomic E-state index is 4.60. The molecule has 3 rings (SSSR count). The normalized spacial score (nSPS) is 18.2. The van der Waals surface area contributed by atoms with E-state index in [0.29, 0.717) is 0 Å². The second-order valence-electron chi connectivity index (χ2n) is 6.30. The first-order valence-corrected chi connectivity index (χ1v) is 9.78. The van der Waals surface area contributed by atoms with Crippen LogP contribution in [-0.4, -0.2) is 60.0 Å². The Kier molecular flexibility index (Phi) is 8.41. The number of allylic oxidation sites excluding steroid dienone is 1. The zero-order valence-electron chi connectivity index (χ0n) is 15.2. The van der Waals surface area contributed by atoms with Crippen molar-refractivity contribution in [3.05, 3.63) is 17.5 Å². The van der Waals surface area contributed by atoms with E-state index in [2.05, 4.69) is 42.5 Å². The molecule has 0 aromatic carbocycles. The van der Waals surface area contributed by atoms with Gasteiger partial charge in [-0.2, -0.15) is 4.37 Å². The predicted octanol–water partition coefficient (Wildman–Crippen LogP) is 2.92. The first-order valence-electron chi connectivity index (χ1n) is 9.01. The quantitative estimate of drug-likeness (QED) is 0.307. The van der Waals surface area contributed by atoms with Gasteiger partial charge in [-0.25, -0.2) is 4.98 Å². The van der Waals surface area contributed by atoms with Crippen LogP contribution in [0.25, 0.3) is 0 Å². The number of aromatic nitrogens is 2. The number of aryl methyl sites for hydroxylation is 1. The summed E-state index contributed by atoms with van der Waals surface area (Å²) < 4.78 is 4.39. The van der Waals surface area contributed by atoms with Crippen molar-refractivity contribution in [1.82, 2.24) is 19.6 Å². The topological polar surface area (TPSA) is 56.7 Å². The molecule has 1 aromatic rings. The van der Waals surface area contributed by atoms with Crippen LogP contribution in [-0.2, 0) is 6.42 Å². The van der Waals surface area contributed by atoms with E-state index < -0.39 is 0 Å². The zero-order chi connectivity index (χ0) is 16.8. The summed E-state index contributed by atoms with van der Waals surface area (Å²) in [4.78, 5) is 13.7. The molecule has 6 nitrogen and oxygen atoms in total. The summed E-state index contributed by atoms with van der Waals surface area (Å²) in [5, 5.41) is 4.58. The number of piperazine rings is 1. The fourth-order valence-corrected chi connectivity index (χ4v) is 4.06. The highest BCUT2D eigenvalue weighted by Gasteiger charge is 2.21. The molecule has 0 saturated carbocycles. The van der Waals surface area contributed by atoms with Gasteiger partial charge in [-0.3, -0.25) is 4.99 Å². The summed E-state index contributed by atoms with van der Waals surface area (Å²) in [5.74, 6) is 1.98. The number of anilines is 1. The maximum Gasteiger partial charge on any atom is 0.205 e. The highest BCUT2D eigenvalue weighted by molar-refractivity contribution is 14.0. The minimum Gasteiger partial charge on any atom is -0.356 e. The van der Waals surface area contributed by atoms with E-state index in [4.69, 9.17) is 0 Å². The Morgan fingerprint density at radius 1 is 1.32 bits per heavy atom. The lowest BCUT2D eigenvalue weighted by atomic mass is 10.2. The van der Waals surface area contributed by atoms with Gasteiger partial charge in [0.1, 0.15) is 5.82 Å². The second-order valence-corrected chi connectivity index (χ2v) is 7.03. The van der Waals surface area contributed by atoms with E-state index in [-0.39, 0.29) is 24.0 Å².